The maximum atomic E-state index is 12.5. The summed E-state index contributed by atoms with van der Waals surface area (Å²) in [4.78, 5) is 16.9. The van der Waals surface area contributed by atoms with Crippen LogP contribution in [0.25, 0.3) is 10.8 Å². The number of morpholine rings is 1. The Hall–Kier alpha value is -1.91. The average Bonchev–Trinajstić information content (AvgIpc) is 3.07. The molecule has 0 aliphatic carbocycles. The smallest absolute Gasteiger partial charge is 0.222 e. The van der Waals surface area contributed by atoms with Crippen LogP contribution in [-0.4, -0.2) is 61.1 Å². The first kappa shape index (κ1) is 16.6. The molecule has 4 nitrogen and oxygen atoms in total. The number of likely N-dealkylation sites (N-methyl/N-ethyl adjacent to an activating group) is 1. The molecular weight excluding hydrogens is 312 g/mol. The number of benzene rings is 2. The molecule has 4 heteroatoms. The van der Waals surface area contributed by atoms with E-state index in [0.29, 0.717) is 12.5 Å². The molecule has 2 heterocycles. The summed E-state index contributed by atoms with van der Waals surface area (Å²) < 4.78 is 5.83. The van der Waals surface area contributed by atoms with Gasteiger partial charge in [0.25, 0.3) is 0 Å². The lowest BCUT2D eigenvalue weighted by molar-refractivity contribution is -0.130. The lowest BCUT2D eigenvalue weighted by Crippen LogP contribution is -2.48. The molecule has 25 heavy (non-hydrogen) atoms. The van der Waals surface area contributed by atoms with Crippen molar-refractivity contribution in [2.45, 2.75) is 31.4 Å². The number of aryl methyl sites for hydroxylation is 1. The Morgan fingerprint density at radius 3 is 2.84 bits per heavy atom. The molecule has 4 rings (SSSR count). The fourth-order valence-electron chi connectivity index (χ4n) is 4.06. The molecule has 0 radical (unpaired) electrons. The predicted octanol–water partition coefficient (Wildman–Crippen LogP) is 2.70. The monoisotopic (exact) mass is 338 g/mol. The molecule has 0 bridgehead atoms. The highest BCUT2D eigenvalue weighted by Gasteiger charge is 2.39. The Bertz CT molecular complexity index is 760. The molecule has 2 fully saturated rings. The zero-order valence-electron chi connectivity index (χ0n) is 14.9. The van der Waals surface area contributed by atoms with Gasteiger partial charge < -0.3 is 9.64 Å². The Labute approximate surface area is 149 Å². The molecule has 2 atom stereocenters. The van der Waals surface area contributed by atoms with Crippen LogP contribution in [0.5, 0.6) is 0 Å². The Morgan fingerprint density at radius 2 is 2.00 bits per heavy atom. The summed E-state index contributed by atoms with van der Waals surface area (Å²) in [5.74, 6) is 0.271. The number of rotatable bonds is 4. The van der Waals surface area contributed by atoms with Gasteiger partial charge in [0.05, 0.1) is 18.8 Å². The number of hydrogen-bond acceptors (Lipinski definition) is 3. The van der Waals surface area contributed by atoms with Gasteiger partial charge in [-0.2, -0.15) is 0 Å². The lowest BCUT2D eigenvalue weighted by atomic mass is 10.0. The van der Waals surface area contributed by atoms with Crippen molar-refractivity contribution in [3.63, 3.8) is 0 Å². The van der Waals surface area contributed by atoms with Crippen molar-refractivity contribution in [1.29, 1.82) is 0 Å². The van der Waals surface area contributed by atoms with Gasteiger partial charge in [-0.15, -0.1) is 0 Å². The zero-order chi connectivity index (χ0) is 17.2. The molecule has 0 spiro atoms. The molecule has 2 aliphatic heterocycles. The third-order valence-electron chi connectivity index (χ3n) is 5.60. The van der Waals surface area contributed by atoms with Crippen molar-refractivity contribution >= 4 is 16.7 Å². The Morgan fingerprint density at radius 1 is 1.16 bits per heavy atom. The van der Waals surface area contributed by atoms with Crippen LogP contribution < -0.4 is 0 Å². The van der Waals surface area contributed by atoms with E-state index in [1.807, 2.05) is 4.90 Å². The molecule has 0 unspecified atom stereocenters. The first-order valence-electron chi connectivity index (χ1n) is 9.28. The molecule has 2 aliphatic rings. The average molecular weight is 338 g/mol. The van der Waals surface area contributed by atoms with E-state index in [2.05, 4.69) is 54.4 Å². The summed E-state index contributed by atoms with van der Waals surface area (Å²) in [5, 5.41) is 2.54. The second-order valence-electron chi connectivity index (χ2n) is 7.29. The molecule has 0 N–H and O–H groups in total. The van der Waals surface area contributed by atoms with Crippen LogP contribution in [0.1, 0.15) is 18.4 Å². The fourth-order valence-corrected chi connectivity index (χ4v) is 4.06. The molecule has 1 amide bonds. The number of carbonyl (C=O) groups is 1. The third kappa shape index (κ3) is 3.55. The molecule has 2 aromatic rings. The SMILES string of the molecule is CN1CCO[C@H]2CN(C(=O)CCCc3ccc4ccccc4c3)C[C@@H]21. The predicted molar refractivity (Wildman–Crippen MR) is 99.6 cm³/mol. The molecular formula is C21H26N2O2. The van der Waals surface area contributed by atoms with Gasteiger partial charge in [0.2, 0.25) is 5.91 Å². The van der Waals surface area contributed by atoms with E-state index in [9.17, 15) is 4.79 Å². The maximum Gasteiger partial charge on any atom is 0.222 e. The molecule has 0 aromatic heterocycles. The van der Waals surface area contributed by atoms with E-state index in [1.54, 1.807) is 0 Å². The number of carbonyl (C=O) groups excluding carboxylic acids is 1. The summed E-state index contributed by atoms with van der Waals surface area (Å²) in [6, 6.07) is 15.4. The lowest BCUT2D eigenvalue weighted by Gasteiger charge is -2.33. The maximum absolute atomic E-state index is 12.5. The van der Waals surface area contributed by atoms with Crippen molar-refractivity contribution in [2.75, 3.05) is 33.3 Å². The highest BCUT2D eigenvalue weighted by atomic mass is 16.5. The standard InChI is InChI=1S/C21H26N2O2/c1-22-11-12-25-20-15-23(14-19(20)22)21(24)8-4-5-16-9-10-17-6-2-3-7-18(17)13-16/h2-3,6-7,9-10,13,19-20H,4-5,8,11-12,14-15H2,1H3/t19-,20-/m0/s1. The molecule has 0 saturated carbocycles. The Kier molecular flexibility index (Phi) is 4.73. The molecule has 2 aromatic carbocycles. The van der Waals surface area contributed by atoms with Gasteiger partial charge in [-0.25, -0.2) is 0 Å². The van der Waals surface area contributed by atoms with E-state index in [0.717, 1.165) is 39.1 Å². The minimum Gasteiger partial charge on any atom is -0.373 e. The van der Waals surface area contributed by atoms with E-state index in [-0.39, 0.29) is 12.0 Å². The minimum absolute atomic E-state index is 0.197. The van der Waals surface area contributed by atoms with Gasteiger partial charge in [0.15, 0.2) is 0 Å². The number of amides is 1. The van der Waals surface area contributed by atoms with Crippen molar-refractivity contribution in [3.05, 3.63) is 48.0 Å². The number of nitrogens with zero attached hydrogens (tertiary/aromatic N) is 2. The normalized spacial score (nSPS) is 23.8. The number of ether oxygens (including phenoxy) is 1. The van der Waals surface area contributed by atoms with Crippen molar-refractivity contribution < 1.29 is 9.53 Å². The second-order valence-corrected chi connectivity index (χ2v) is 7.29. The fraction of sp³-hybridized carbons (Fsp3) is 0.476. The van der Waals surface area contributed by atoms with E-state index >= 15 is 0 Å². The topological polar surface area (TPSA) is 32.8 Å². The van der Waals surface area contributed by atoms with E-state index in [1.165, 1.54) is 16.3 Å². The Balaban J connectivity index is 1.30. The second kappa shape index (κ2) is 7.14. The first-order valence-corrected chi connectivity index (χ1v) is 9.28. The van der Waals surface area contributed by atoms with Crippen LogP contribution in [-0.2, 0) is 16.0 Å². The summed E-state index contributed by atoms with van der Waals surface area (Å²) in [7, 11) is 2.13. The third-order valence-corrected chi connectivity index (χ3v) is 5.60. The summed E-state index contributed by atoms with van der Waals surface area (Å²) in [6.07, 6.45) is 2.67. The van der Waals surface area contributed by atoms with Crippen LogP contribution in [0.4, 0.5) is 0 Å². The molecule has 132 valence electrons. The van der Waals surface area contributed by atoms with Crippen molar-refractivity contribution in [2.24, 2.45) is 0 Å². The highest BCUT2D eigenvalue weighted by Crippen LogP contribution is 2.23. The van der Waals surface area contributed by atoms with Crippen LogP contribution in [0.2, 0.25) is 0 Å². The largest absolute Gasteiger partial charge is 0.373 e. The van der Waals surface area contributed by atoms with Gasteiger partial charge >= 0.3 is 0 Å². The van der Waals surface area contributed by atoms with Crippen LogP contribution in [0.15, 0.2) is 42.5 Å². The van der Waals surface area contributed by atoms with Gasteiger partial charge in [0, 0.05) is 26.1 Å². The van der Waals surface area contributed by atoms with Crippen molar-refractivity contribution in [3.8, 4) is 0 Å². The van der Waals surface area contributed by atoms with Gasteiger partial charge in [0.1, 0.15) is 0 Å². The quantitative estimate of drug-likeness (QED) is 0.859. The number of fused-ring (bicyclic) bond motifs is 2. The summed E-state index contributed by atoms with van der Waals surface area (Å²) in [5.41, 5.74) is 1.31. The molecule has 2 saturated heterocycles. The number of hydrogen-bond donors (Lipinski definition) is 0. The first-order chi connectivity index (χ1) is 12.2. The van der Waals surface area contributed by atoms with Crippen LogP contribution in [0.3, 0.4) is 0 Å². The summed E-state index contributed by atoms with van der Waals surface area (Å²) in [6.45, 7) is 3.31. The van der Waals surface area contributed by atoms with Crippen LogP contribution in [0, 0.1) is 0 Å². The van der Waals surface area contributed by atoms with E-state index < -0.39 is 0 Å². The zero-order valence-corrected chi connectivity index (χ0v) is 14.9. The van der Waals surface area contributed by atoms with Gasteiger partial charge in [-0.3, -0.25) is 9.69 Å². The highest BCUT2D eigenvalue weighted by molar-refractivity contribution is 5.83. The van der Waals surface area contributed by atoms with E-state index in [4.69, 9.17) is 4.74 Å². The van der Waals surface area contributed by atoms with Gasteiger partial charge in [-0.1, -0.05) is 42.5 Å². The van der Waals surface area contributed by atoms with Crippen LogP contribution >= 0.6 is 0 Å². The summed E-state index contributed by atoms with van der Waals surface area (Å²) >= 11 is 0. The van der Waals surface area contributed by atoms with Gasteiger partial charge in [-0.05, 0) is 36.2 Å². The van der Waals surface area contributed by atoms with Crippen molar-refractivity contribution in [1.82, 2.24) is 9.80 Å². The number of likely N-dealkylation sites (tertiary alicyclic amines) is 1. The minimum atomic E-state index is 0.197.